The first-order valence-corrected chi connectivity index (χ1v) is 10.6. The van der Waals surface area contributed by atoms with Crippen LogP contribution in [0.2, 0.25) is 5.02 Å². The van der Waals surface area contributed by atoms with Crippen LogP contribution in [0.15, 0.2) is 47.4 Å². The fourth-order valence-electron chi connectivity index (χ4n) is 2.99. The molecule has 1 saturated carbocycles. The third-order valence-corrected chi connectivity index (χ3v) is 5.65. The molecule has 0 heterocycles. The summed E-state index contributed by atoms with van der Waals surface area (Å²) in [6.45, 7) is 2.36. The summed E-state index contributed by atoms with van der Waals surface area (Å²) in [5.41, 5.74) is 1.84. The van der Waals surface area contributed by atoms with Gasteiger partial charge in [0.25, 0.3) is 0 Å². The Bertz CT molecular complexity index is 881. The lowest BCUT2D eigenvalue weighted by atomic mass is 9.91. The largest absolute Gasteiger partial charge is 0.238 e. The van der Waals surface area contributed by atoms with Gasteiger partial charge in [-0.1, -0.05) is 68.8 Å². The Morgan fingerprint density at radius 3 is 2.15 bits per heavy atom. The molecule has 1 aliphatic carbocycles. The number of sulfonamides is 1. The molecule has 2 N–H and O–H groups in total. The lowest BCUT2D eigenvalue weighted by molar-refractivity contribution is 0.385. The highest BCUT2D eigenvalue weighted by atomic mass is 35.5. The molecular weight excluding hydrogens is 368 g/mol. The predicted octanol–water partition coefficient (Wildman–Crippen LogP) is 5.11. The second kappa shape index (κ2) is 9.18. The molecule has 0 aromatic heterocycles. The second-order valence-corrected chi connectivity index (χ2v) is 8.61. The quantitative estimate of drug-likeness (QED) is 0.772. The minimum atomic E-state index is -3.71. The number of halogens is 1. The Hall–Kier alpha value is -1.87. The van der Waals surface area contributed by atoms with Crippen molar-refractivity contribution in [2.75, 3.05) is 0 Å². The molecule has 2 aromatic rings. The molecule has 4 nitrogen and oxygen atoms in total. The third kappa shape index (κ3) is 5.84. The standard InChI is InChI=1S/C13H9ClN2O2S.C7H14/c14-11-3-6-13(10(7-11)8-15)9-1-4-12(5-2-9)19(16,17)18;1-7-5-3-2-4-6-7/h1-7H,(H2,16,17,18);7H,2-6H2,1H3. The van der Waals surface area contributed by atoms with Crippen molar-refractivity contribution in [3.8, 4) is 17.2 Å². The van der Waals surface area contributed by atoms with E-state index in [4.69, 9.17) is 22.0 Å². The second-order valence-electron chi connectivity index (χ2n) is 6.61. The van der Waals surface area contributed by atoms with Crippen LogP contribution in [0.5, 0.6) is 0 Å². The average molecular weight is 391 g/mol. The van der Waals surface area contributed by atoms with Gasteiger partial charge in [0.2, 0.25) is 10.0 Å². The Morgan fingerprint density at radius 2 is 1.69 bits per heavy atom. The van der Waals surface area contributed by atoms with Gasteiger partial charge in [-0.05, 0) is 41.3 Å². The van der Waals surface area contributed by atoms with Gasteiger partial charge in [0.1, 0.15) is 0 Å². The van der Waals surface area contributed by atoms with Crippen molar-refractivity contribution in [3.05, 3.63) is 53.1 Å². The van der Waals surface area contributed by atoms with E-state index in [1.165, 1.54) is 44.2 Å². The molecule has 0 atom stereocenters. The molecule has 0 spiro atoms. The highest BCUT2D eigenvalue weighted by Gasteiger charge is 2.10. The maximum Gasteiger partial charge on any atom is 0.238 e. The van der Waals surface area contributed by atoms with E-state index in [2.05, 4.69) is 13.0 Å². The van der Waals surface area contributed by atoms with Gasteiger partial charge < -0.3 is 0 Å². The SMILES string of the molecule is CC1CCCCC1.N#Cc1cc(Cl)ccc1-c1ccc(S(N)(=O)=O)cc1. The number of benzene rings is 2. The summed E-state index contributed by atoms with van der Waals surface area (Å²) >= 11 is 5.82. The van der Waals surface area contributed by atoms with Crippen LogP contribution in [0.1, 0.15) is 44.6 Å². The van der Waals surface area contributed by atoms with Gasteiger partial charge in [0.15, 0.2) is 0 Å². The van der Waals surface area contributed by atoms with Gasteiger partial charge in [-0.25, -0.2) is 13.6 Å². The first-order valence-electron chi connectivity index (χ1n) is 8.64. The summed E-state index contributed by atoms with van der Waals surface area (Å²) in [4.78, 5) is 0.0312. The zero-order valence-electron chi connectivity index (χ0n) is 14.8. The van der Waals surface area contributed by atoms with E-state index in [0.717, 1.165) is 11.5 Å². The lowest BCUT2D eigenvalue weighted by Crippen LogP contribution is -2.11. The molecule has 0 unspecified atom stereocenters. The summed E-state index contributed by atoms with van der Waals surface area (Å²) in [5, 5.41) is 14.6. The topological polar surface area (TPSA) is 83.9 Å². The smallest absolute Gasteiger partial charge is 0.225 e. The van der Waals surface area contributed by atoms with Crippen molar-refractivity contribution in [1.29, 1.82) is 5.26 Å². The van der Waals surface area contributed by atoms with Crippen LogP contribution in [0.3, 0.4) is 0 Å². The van der Waals surface area contributed by atoms with E-state index in [-0.39, 0.29) is 4.90 Å². The number of hydrogen-bond donors (Lipinski definition) is 1. The molecule has 1 aliphatic rings. The van der Waals surface area contributed by atoms with Gasteiger partial charge in [-0.2, -0.15) is 5.26 Å². The van der Waals surface area contributed by atoms with E-state index < -0.39 is 10.0 Å². The summed E-state index contributed by atoms with van der Waals surface area (Å²) in [7, 11) is -3.71. The Balaban J connectivity index is 0.000000290. The lowest BCUT2D eigenvalue weighted by Gasteiger charge is -2.15. The summed E-state index contributed by atoms with van der Waals surface area (Å²) in [6.07, 6.45) is 7.44. The van der Waals surface area contributed by atoms with Crippen LogP contribution in [0.25, 0.3) is 11.1 Å². The van der Waals surface area contributed by atoms with Gasteiger partial charge in [-0.15, -0.1) is 0 Å². The van der Waals surface area contributed by atoms with E-state index in [1.807, 2.05) is 0 Å². The minimum absolute atomic E-state index is 0.0312. The molecule has 0 bridgehead atoms. The average Bonchev–Trinajstić information content (AvgIpc) is 2.62. The number of nitrogens with two attached hydrogens (primary N) is 1. The Labute approximate surface area is 160 Å². The predicted molar refractivity (Wildman–Crippen MR) is 105 cm³/mol. The van der Waals surface area contributed by atoms with Gasteiger partial charge in [-0.3, -0.25) is 0 Å². The molecule has 3 rings (SSSR count). The van der Waals surface area contributed by atoms with Crippen molar-refractivity contribution >= 4 is 21.6 Å². The Kier molecular flexibility index (Phi) is 7.22. The summed E-state index contributed by atoms with van der Waals surface area (Å²) in [6, 6.07) is 13.0. The van der Waals surface area contributed by atoms with Gasteiger partial charge >= 0.3 is 0 Å². The van der Waals surface area contributed by atoms with Crippen molar-refractivity contribution in [2.45, 2.75) is 43.9 Å². The van der Waals surface area contributed by atoms with Crippen molar-refractivity contribution in [3.63, 3.8) is 0 Å². The third-order valence-electron chi connectivity index (χ3n) is 4.49. The van der Waals surface area contributed by atoms with Crippen LogP contribution in [0, 0.1) is 17.2 Å². The van der Waals surface area contributed by atoms with Crippen LogP contribution in [0.4, 0.5) is 0 Å². The van der Waals surface area contributed by atoms with E-state index in [0.29, 0.717) is 16.1 Å². The molecular formula is C20H23ClN2O2S. The minimum Gasteiger partial charge on any atom is -0.225 e. The van der Waals surface area contributed by atoms with Crippen LogP contribution >= 0.6 is 11.6 Å². The summed E-state index contributed by atoms with van der Waals surface area (Å²) < 4.78 is 22.3. The molecule has 0 saturated heterocycles. The van der Waals surface area contributed by atoms with E-state index in [1.54, 1.807) is 30.3 Å². The normalized spacial score (nSPS) is 14.8. The number of rotatable bonds is 2. The van der Waals surface area contributed by atoms with Gasteiger partial charge in [0.05, 0.1) is 16.5 Å². The molecule has 6 heteroatoms. The summed E-state index contributed by atoms with van der Waals surface area (Å²) in [5.74, 6) is 1.04. The fraction of sp³-hybridized carbons (Fsp3) is 0.350. The number of nitriles is 1. The van der Waals surface area contributed by atoms with Crippen molar-refractivity contribution < 1.29 is 8.42 Å². The molecule has 1 fully saturated rings. The first-order chi connectivity index (χ1) is 12.3. The Morgan fingerprint density at radius 1 is 1.08 bits per heavy atom. The van der Waals surface area contributed by atoms with Crippen LogP contribution < -0.4 is 5.14 Å². The number of nitrogens with zero attached hydrogens (tertiary/aromatic N) is 1. The highest BCUT2D eigenvalue weighted by Crippen LogP contribution is 2.27. The molecule has 0 aliphatic heterocycles. The van der Waals surface area contributed by atoms with Crippen LogP contribution in [-0.4, -0.2) is 8.42 Å². The maximum absolute atomic E-state index is 11.2. The highest BCUT2D eigenvalue weighted by molar-refractivity contribution is 7.89. The monoisotopic (exact) mass is 390 g/mol. The zero-order valence-corrected chi connectivity index (χ0v) is 16.4. The molecule has 26 heavy (non-hydrogen) atoms. The zero-order chi connectivity index (χ0) is 19.2. The number of hydrogen-bond acceptors (Lipinski definition) is 3. The van der Waals surface area contributed by atoms with E-state index in [9.17, 15) is 8.42 Å². The maximum atomic E-state index is 11.2. The van der Waals surface area contributed by atoms with Crippen molar-refractivity contribution in [2.24, 2.45) is 11.1 Å². The van der Waals surface area contributed by atoms with Crippen LogP contribution in [-0.2, 0) is 10.0 Å². The molecule has 138 valence electrons. The van der Waals surface area contributed by atoms with Gasteiger partial charge in [0, 0.05) is 5.02 Å². The molecule has 0 radical (unpaired) electrons. The molecule has 2 aromatic carbocycles. The first kappa shape index (κ1) is 20.4. The number of primary sulfonamides is 1. The van der Waals surface area contributed by atoms with E-state index >= 15 is 0 Å². The van der Waals surface area contributed by atoms with Crippen molar-refractivity contribution in [1.82, 2.24) is 0 Å². The fourth-order valence-corrected chi connectivity index (χ4v) is 3.68. The molecule has 0 amide bonds.